The van der Waals surface area contributed by atoms with Gasteiger partial charge in [0.25, 0.3) is 0 Å². The summed E-state index contributed by atoms with van der Waals surface area (Å²) in [5, 5.41) is 1.64. The Hall–Kier alpha value is -0.980. The molecule has 3 N–H and O–H groups in total. The van der Waals surface area contributed by atoms with Gasteiger partial charge in [0, 0.05) is 11.9 Å². The van der Waals surface area contributed by atoms with Crippen LogP contribution >= 0.6 is 11.3 Å². The van der Waals surface area contributed by atoms with Gasteiger partial charge in [-0.15, -0.1) is 11.3 Å². The molecule has 0 radical (unpaired) electrons. The van der Waals surface area contributed by atoms with Crippen molar-refractivity contribution < 1.29 is 9.53 Å². The van der Waals surface area contributed by atoms with Crippen LogP contribution in [0.5, 0.6) is 0 Å². The van der Waals surface area contributed by atoms with Gasteiger partial charge in [0.05, 0.1) is 5.51 Å². The van der Waals surface area contributed by atoms with Crippen LogP contribution in [0, 0.1) is 0 Å². The molecule has 1 aromatic rings. The zero-order valence-electron chi connectivity index (χ0n) is 6.32. The van der Waals surface area contributed by atoms with E-state index < -0.39 is 5.97 Å². The minimum Gasteiger partial charge on any atom is -0.460 e. The van der Waals surface area contributed by atoms with E-state index in [0.29, 0.717) is 12.2 Å². The Morgan fingerprint density at radius 1 is 1.83 bits per heavy atom. The number of carbonyl (C=O) groups is 1. The summed E-state index contributed by atoms with van der Waals surface area (Å²) >= 11 is 1.35. The highest BCUT2D eigenvalue weighted by Gasteiger charge is 2.07. The van der Waals surface area contributed by atoms with Gasteiger partial charge < -0.3 is 4.74 Å². The molecule has 1 aromatic heterocycles. The number of thiazole rings is 1. The molecule has 1 heterocycles. The van der Waals surface area contributed by atoms with Gasteiger partial charge in [-0.1, -0.05) is 0 Å². The fourth-order valence-electron chi connectivity index (χ4n) is 0.590. The molecule has 6 heteroatoms. The van der Waals surface area contributed by atoms with Crippen LogP contribution in [-0.2, 0) is 4.74 Å². The summed E-state index contributed by atoms with van der Waals surface area (Å²) in [4.78, 5) is 14.8. The molecule has 0 aliphatic carbocycles. The maximum atomic E-state index is 11.0. The van der Waals surface area contributed by atoms with Gasteiger partial charge in [0.2, 0.25) is 0 Å². The van der Waals surface area contributed by atoms with Crippen molar-refractivity contribution in [3.63, 3.8) is 0 Å². The Morgan fingerprint density at radius 3 is 3.25 bits per heavy atom. The second-order valence-electron chi connectivity index (χ2n) is 1.96. The second-order valence-corrected chi connectivity index (χ2v) is 2.68. The van der Waals surface area contributed by atoms with Crippen molar-refractivity contribution in [1.82, 2.24) is 10.4 Å². The largest absolute Gasteiger partial charge is 0.460 e. The monoisotopic (exact) mass is 187 g/mol. The van der Waals surface area contributed by atoms with Crippen molar-refractivity contribution in [1.29, 1.82) is 0 Å². The highest BCUT2D eigenvalue weighted by atomic mass is 32.1. The molecule has 12 heavy (non-hydrogen) atoms. The van der Waals surface area contributed by atoms with Crippen LogP contribution < -0.4 is 11.3 Å². The van der Waals surface area contributed by atoms with Crippen LogP contribution in [-0.4, -0.2) is 24.1 Å². The van der Waals surface area contributed by atoms with Crippen molar-refractivity contribution in [3.05, 3.63) is 16.6 Å². The predicted octanol–water partition coefficient (Wildman–Crippen LogP) is -0.237. The number of rotatable bonds is 4. The molecule has 0 bridgehead atoms. The van der Waals surface area contributed by atoms with Gasteiger partial charge in [-0.3, -0.25) is 11.3 Å². The van der Waals surface area contributed by atoms with Crippen molar-refractivity contribution in [2.24, 2.45) is 5.84 Å². The van der Waals surface area contributed by atoms with Gasteiger partial charge in [0.1, 0.15) is 6.61 Å². The number of ether oxygens (including phenoxy) is 1. The first-order chi connectivity index (χ1) is 5.84. The maximum absolute atomic E-state index is 11.0. The van der Waals surface area contributed by atoms with E-state index in [2.05, 4.69) is 10.4 Å². The van der Waals surface area contributed by atoms with Crippen LogP contribution in [0.15, 0.2) is 10.9 Å². The molecule has 0 atom stereocenters. The fraction of sp³-hybridized carbons (Fsp3) is 0.333. The summed E-state index contributed by atoms with van der Waals surface area (Å²) in [6, 6.07) is 0. The summed E-state index contributed by atoms with van der Waals surface area (Å²) in [7, 11) is 0. The SMILES string of the molecule is NNCCOC(=O)c1cscn1. The zero-order valence-corrected chi connectivity index (χ0v) is 7.13. The van der Waals surface area contributed by atoms with Crippen molar-refractivity contribution in [2.75, 3.05) is 13.2 Å². The van der Waals surface area contributed by atoms with Crippen molar-refractivity contribution >= 4 is 17.3 Å². The Balaban J connectivity index is 2.30. The van der Waals surface area contributed by atoms with Crippen LogP contribution in [0.4, 0.5) is 0 Å². The quantitative estimate of drug-likeness (QED) is 0.294. The summed E-state index contributed by atoms with van der Waals surface area (Å²) in [5.74, 6) is 4.57. The molecular weight excluding hydrogens is 178 g/mol. The number of hydrogen-bond acceptors (Lipinski definition) is 6. The van der Waals surface area contributed by atoms with Crippen molar-refractivity contribution in [2.45, 2.75) is 0 Å². The predicted molar refractivity (Wildman–Crippen MR) is 44.6 cm³/mol. The number of nitrogens with two attached hydrogens (primary N) is 1. The zero-order chi connectivity index (χ0) is 8.81. The summed E-state index contributed by atoms with van der Waals surface area (Å²) in [5.41, 5.74) is 4.30. The van der Waals surface area contributed by atoms with E-state index in [1.165, 1.54) is 11.3 Å². The molecule has 0 aliphatic heterocycles. The molecule has 0 saturated carbocycles. The topological polar surface area (TPSA) is 77.2 Å². The number of nitrogens with zero attached hydrogens (tertiary/aromatic N) is 1. The van der Waals surface area contributed by atoms with Gasteiger partial charge in [-0.2, -0.15) is 0 Å². The average molecular weight is 187 g/mol. The minimum absolute atomic E-state index is 0.257. The fourth-order valence-corrected chi connectivity index (χ4v) is 1.11. The lowest BCUT2D eigenvalue weighted by Crippen LogP contribution is -2.27. The average Bonchev–Trinajstić information content (AvgIpc) is 2.56. The molecule has 0 aliphatic rings. The highest BCUT2D eigenvalue weighted by Crippen LogP contribution is 2.01. The lowest BCUT2D eigenvalue weighted by molar-refractivity contribution is 0.0503. The van der Waals surface area contributed by atoms with Crippen LogP contribution in [0.2, 0.25) is 0 Å². The molecule has 1 rings (SSSR count). The van der Waals surface area contributed by atoms with E-state index in [4.69, 9.17) is 10.6 Å². The number of nitrogens with one attached hydrogen (secondary N) is 1. The summed E-state index contributed by atoms with van der Waals surface area (Å²) in [6.07, 6.45) is 0. The van der Waals surface area contributed by atoms with E-state index in [0.717, 1.165) is 0 Å². The van der Waals surface area contributed by atoms with E-state index in [1.54, 1.807) is 10.9 Å². The van der Waals surface area contributed by atoms with Gasteiger partial charge in [-0.25, -0.2) is 9.78 Å². The third kappa shape index (κ3) is 2.57. The number of hydrazine groups is 1. The molecular formula is C6H9N3O2S. The Bertz CT molecular complexity index is 237. The minimum atomic E-state index is -0.411. The van der Waals surface area contributed by atoms with E-state index >= 15 is 0 Å². The molecule has 0 saturated heterocycles. The van der Waals surface area contributed by atoms with E-state index in [9.17, 15) is 4.79 Å². The number of aromatic nitrogens is 1. The lowest BCUT2D eigenvalue weighted by atomic mass is 10.5. The summed E-state index contributed by atoms with van der Waals surface area (Å²) in [6.45, 7) is 0.697. The molecule has 0 unspecified atom stereocenters. The summed E-state index contributed by atoms with van der Waals surface area (Å²) < 4.78 is 4.79. The van der Waals surface area contributed by atoms with Crippen molar-refractivity contribution in [3.8, 4) is 0 Å². The normalized spacial score (nSPS) is 9.75. The highest BCUT2D eigenvalue weighted by molar-refractivity contribution is 7.07. The first-order valence-electron chi connectivity index (χ1n) is 3.33. The number of esters is 1. The van der Waals surface area contributed by atoms with Crippen LogP contribution in [0.3, 0.4) is 0 Å². The smallest absolute Gasteiger partial charge is 0.357 e. The third-order valence-corrected chi connectivity index (χ3v) is 1.71. The third-order valence-electron chi connectivity index (χ3n) is 1.12. The first-order valence-corrected chi connectivity index (χ1v) is 4.27. The maximum Gasteiger partial charge on any atom is 0.357 e. The molecule has 0 amide bonds. The van der Waals surface area contributed by atoms with Gasteiger partial charge >= 0.3 is 5.97 Å². The van der Waals surface area contributed by atoms with E-state index in [1.807, 2.05) is 0 Å². The Kier molecular flexibility index (Phi) is 3.65. The van der Waals surface area contributed by atoms with Gasteiger partial charge in [-0.05, 0) is 0 Å². The first kappa shape index (κ1) is 9.11. The standard InChI is InChI=1S/C6H9N3O2S/c7-9-1-2-11-6(10)5-3-12-4-8-5/h3-4,9H,1-2,7H2. The Labute approximate surface area is 73.5 Å². The van der Waals surface area contributed by atoms with E-state index in [-0.39, 0.29) is 6.61 Å². The number of hydrogen-bond donors (Lipinski definition) is 2. The lowest BCUT2D eigenvalue weighted by Gasteiger charge is -2.00. The molecule has 0 spiro atoms. The van der Waals surface area contributed by atoms with Crippen LogP contribution in [0.25, 0.3) is 0 Å². The molecule has 5 nitrogen and oxygen atoms in total. The van der Waals surface area contributed by atoms with Gasteiger partial charge in [0.15, 0.2) is 5.69 Å². The van der Waals surface area contributed by atoms with Crippen LogP contribution in [0.1, 0.15) is 10.5 Å². The Morgan fingerprint density at radius 2 is 2.67 bits per heavy atom. The molecule has 0 aromatic carbocycles. The number of carbonyl (C=O) groups excluding carboxylic acids is 1. The second kappa shape index (κ2) is 4.81. The molecule has 0 fully saturated rings. The molecule has 66 valence electrons.